The molecule has 0 saturated carbocycles. The van der Waals surface area contributed by atoms with Crippen LogP contribution >= 0.6 is 0 Å². The third-order valence-corrected chi connectivity index (χ3v) is 5.08. The van der Waals surface area contributed by atoms with Crippen molar-refractivity contribution in [3.05, 3.63) is 77.9 Å². The van der Waals surface area contributed by atoms with E-state index in [1.165, 1.54) is 6.21 Å². The molecule has 0 unspecified atom stereocenters. The van der Waals surface area contributed by atoms with Gasteiger partial charge in [0.05, 0.1) is 17.7 Å². The molecule has 11 heteroatoms. The number of carboxylic acid groups (broad SMARTS) is 1. The lowest BCUT2D eigenvalue weighted by molar-refractivity contribution is -0.192. The number of benzene rings is 3. The van der Waals surface area contributed by atoms with Crippen LogP contribution in [0.2, 0.25) is 0 Å². The Morgan fingerprint density at radius 3 is 2.29 bits per heavy atom. The zero-order chi connectivity index (χ0) is 23.1. The summed E-state index contributed by atoms with van der Waals surface area (Å²) in [6, 6.07) is 20.2. The zero-order valence-corrected chi connectivity index (χ0v) is 16.7. The number of aliphatic carboxylic acids is 1. The van der Waals surface area contributed by atoms with Gasteiger partial charge in [0.25, 0.3) is 0 Å². The molecule has 0 atom stereocenters. The summed E-state index contributed by atoms with van der Waals surface area (Å²) in [5.41, 5.74) is 2.08. The maximum Gasteiger partial charge on any atom is 0.490 e. The van der Waals surface area contributed by atoms with Gasteiger partial charge in [0.1, 0.15) is 0 Å². The van der Waals surface area contributed by atoms with E-state index in [0.29, 0.717) is 5.69 Å². The number of anilines is 1. The number of nitrogens with one attached hydrogen (secondary N) is 1. The van der Waals surface area contributed by atoms with E-state index >= 15 is 0 Å². The van der Waals surface area contributed by atoms with Crippen molar-refractivity contribution < 1.29 is 31.5 Å². The fraction of sp³-hybridized carbons (Fsp3) is 0.100. The summed E-state index contributed by atoms with van der Waals surface area (Å²) < 4.78 is 59.3. The summed E-state index contributed by atoms with van der Waals surface area (Å²) in [4.78, 5) is 8.90. The molecule has 0 fully saturated rings. The van der Waals surface area contributed by atoms with E-state index in [9.17, 15) is 21.6 Å². The minimum Gasteiger partial charge on any atom is -0.475 e. The molecule has 0 aliphatic rings. The van der Waals surface area contributed by atoms with E-state index in [1.807, 2.05) is 48.5 Å². The molecular formula is C20H18F3N3O4S. The van der Waals surface area contributed by atoms with Crippen LogP contribution < -0.4 is 10.6 Å². The van der Waals surface area contributed by atoms with Gasteiger partial charge in [-0.15, -0.1) is 0 Å². The molecule has 3 rings (SSSR count). The standard InChI is InChI=1S/C18H17N3O2S.C2HF3O2/c19-20-12-15-9-10-16-7-4-8-18(17(16)11-15)21-24(22,23)13-14-5-2-1-3-6-14;3-2(4,5)1(6)7/h1-12,21H,13,19H2;(H,6,7). The Morgan fingerprint density at radius 1 is 1.06 bits per heavy atom. The lowest BCUT2D eigenvalue weighted by atomic mass is 10.1. The molecule has 0 heterocycles. The predicted molar refractivity (Wildman–Crippen MR) is 112 cm³/mol. The van der Waals surface area contributed by atoms with E-state index in [0.717, 1.165) is 21.9 Å². The van der Waals surface area contributed by atoms with Crippen molar-refractivity contribution in [2.75, 3.05) is 4.72 Å². The van der Waals surface area contributed by atoms with Crippen LogP contribution in [0.1, 0.15) is 11.1 Å². The fourth-order valence-corrected chi connectivity index (χ4v) is 3.76. The summed E-state index contributed by atoms with van der Waals surface area (Å²) >= 11 is 0. The normalized spacial score (nSPS) is 11.7. The molecule has 0 saturated heterocycles. The highest BCUT2D eigenvalue weighted by Crippen LogP contribution is 2.25. The molecule has 0 aromatic heterocycles. The lowest BCUT2D eigenvalue weighted by Crippen LogP contribution is -2.21. The third-order valence-electron chi connectivity index (χ3n) is 3.84. The highest BCUT2D eigenvalue weighted by Gasteiger charge is 2.38. The van der Waals surface area contributed by atoms with E-state index in [4.69, 9.17) is 15.7 Å². The summed E-state index contributed by atoms with van der Waals surface area (Å²) in [6.07, 6.45) is -3.56. The molecule has 3 aromatic rings. The number of fused-ring (bicyclic) bond motifs is 1. The molecular weight excluding hydrogens is 435 g/mol. The van der Waals surface area contributed by atoms with Gasteiger partial charge < -0.3 is 10.9 Å². The number of nitrogens with zero attached hydrogens (tertiary/aromatic N) is 1. The van der Waals surface area contributed by atoms with Crippen molar-refractivity contribution in [3.8, 4) is 0 Å². The van der Waals surface area contributed by atoms with Gasteiger partial charge in [-0.25, -0.2) is 13.2 Å². The summed E-state index contributed by atoms with van der Waals surface area (Å²) in [7, 11) is -3.51. The fourth-order valence-electron chi connectivity index (χ4n) is 2.54. The van der Waals surface area contributed by atoms with Crippen LogP contribution in [0.4, 0.5) is 18.9 Å². The average molecular weight is 453 g/mol. The van der Waals surface area contributed by atoms with Crippen molar-refractivity contribution in [1.82, 2.24) is 0 Å². The van der Waals surface area contributed by atoms with Crippen LogP contribution in [-0.4, -0.2) is 31.9 Å². The highest BCUT2D eigenvalue weighted by atomic mass is 32.2. The van der Waals surface area contributed by atoms with Crippen LogP contribution in [0.25, 0.3) is 10.8 Å². The van der Waals surface area contributed by atoms with E-state index < -0.39 is 22.2 Å². The maximum atomic E-state index is 12.5. The molecule has 7 nitrogen and oxygen atoms in total. The first kappa shape index (κ1) is 23.7. The Kier molecular flexibility index (Phi) is 7.59. The monoisotopic (exact) mass is 453 g/mol. The Hall–Kier alpha value is -3.60. The van der Waals surface area contributed by atoms with Crippen LogP contribution in [0.5, 0.6) is 0 Å². The zero-order valence-electron chi connectivity index (χ0n) is 15.9. The van der Waals surface area contributed by atoms with Crippen LogP contribution in [0.15, 0.2) is 71.8 Å². The number of nitrogens with two attached hydrogens (primary N) is 1. The van der Waals surface area contributed by atoms with E-state index in [2.05, 4.69) is 9.82 Å². The number of carboxylic acids is 1. The second-order valence-electron chi connectivity index (χ2n) is 6.21. The van der Waals surface area contributed by atoms with Gasteiger partial charge in [-0.05, 0) is 28.6 Å². The molecule has 0 bridgehead atoms. The topological polar surface area (TPSA) is 122 Å². The van der Waals surface area contributed by atoms with E-state index in [1.54, 1.807) is 18.2 Å². The summed E-state index contributed by atoms with van der Waals surface area (Å²) in [5, 5.41) is 12.4. The Morgan fingerprint density at radius 2 is 1.71 bits per heavy atom. The minimum absolute atomic E-state index is 0.0752. The van der Waals surface area contributed by atoms with Crippen molar-refractivity contribution >= 4 is 38.7 Å². The number of hydrogen-bond acceptors (Lipinski definition) is 5. The molecule has 4 N–H and O–H groups in total. The molecule has 164 valence electrons. The average Bonchev–Trinajstić information content (AvgIpc) is 2.68. The number of hydrogen-bond donors (Lipinski definition) is 3. The van der Waals surface area contributed by atoms with Crippen LogP contribution in [-0.2, 0) is 20.6 Å². The Balaban J connectivity index is 0.000000423. The number of alkyl halides is 3. The van der Waals surface area contributed by atoms with Gasteiger partial charge in [-0.1, -0.05) is 54.6 Å². The number of sulfonamides is 1. The second kappa shape index (κ2) is 9.94. The second-order valence-corrected chi connectivity index (χ2v) is 7.94. The third kappa shape index (κ3) is 7.30. The molecule has 0 spiro atoms. The van der Waals surface area contributed by atoms with Crippen LogP contribution in [0, 0.1) is 0 Å². The lowest BCUT2D eigenvalue weighted by Gasteiger charge is -2.11. The minimum atomic E-state index is -5.08. The van der Waals surface area contributed by atoms with Gasteiger partial charge in [0.2, 0.25) is 10.0 Å². The van der Waals surface area contributed by atoms with Crippen LogP contribution in [0.3, 0.4) is 0 Å². The SMILES string of the molecule is NN=Cc1ccc2cccc(NS(=O)(=O)Cc3ccccc3)c2c1.O=C(O)C(F)(F)F. The molecule has 31 heavy (non-hydrogen) atoms. The number of carbonyl (C=O) groups is 1. The number of halogens is 3. The summed E-state index contributed by atoms with van der Waals surface area (Å²) in [5.74, 6) is 2.36. The van der Waals surface area contributed by atoms with Crippen molar-refractivity contribution in [2.45, 2.75) is 11.9 Å². The maximum absolute atomic E-state index is 12.5. The molecule has 0 aliphatic carbocycles. The molecule has 0 aliphatic heterocycles. The van der Waals surface area contributed by atoms with Gasteiger partial charge in [-0.3, -0.25) is 4.72 Å². The molecule has 0 amide bonds. The molecule has 3 aromatic carbocycles. The van der Waals surface area contributed by atoms with Gasteiger partial charge in [0.15, 0.2) is 0 Å². The van der Waals surface area contributed by atoms with Crippen molar-refractivity contribution in [3.63, 3.8) is 0 Å². The number of rotatable bonds is 5. The van der Waals surface area contributed by atoms with Gasteiger partial charge in [0, 0.05) is 5.39 Å². The van der Waals surface area contributed by atoms with Gasteiger partial charge in [-0.2, -0.15) is 18.3 Å². The van der Waals surface area contributed by atoms with Gasteiger partial charge >= 0.3 is 12.1 Å². The van der Waals surface area contributed by atoms with E-state index in [-0.39, 0.29) is 5.75 Å². The largest absolute Gasteiger partial charge is 0.490 e. The Bertz CT molecular complexity index is 1180. The first-order valence-corrected chi connectivity index (χ1v) is 10.3. The quantitative estimate of drug-likeness (QED) is 0.309. The smallest absolute Gasteiger partial charge is 0.475 e. The van der Waals surface area contributed by atoms with Crippen molar-refractivity contribution in [1.29, 1.82) is 0 Å². The molecule has 0 radical (unpaired) electrons. The predicted octanol–water partition coefficient (Wildman–Crippen LogP) is 3.71. The first-order chi connectivity index (χ1) is 14.5. The highest BCUT2D eigenvalue weighted by molar-refractivity contribution is 7.91. The van der Waals surface area contributed by atoms with Crippen molar-refractivity contribution in [2.24, 2.45) is 10.9 Å². The first-order valence-electron chi connectivity index (χ1n) is 8.62. The summed E-state index contributed by atoms with van der Waals surface area (Å²) in [6.45, 7) is 0. The Labute approximate surface area is 176 Å². The number of hydrazone groups is 1.